The maximum absolute atomic E-state index is 10.5. The molecule has 4 N–H and O–H groups in total. The molecule has 0 spiro atoms. The van der Waals surface area contributed by atoms with Crippen LogP contribution in [0.3, 0.4) is 0 Å². The lowest BCUT2D eigenvalue weighted by Crippen LogP contribution is -1.97. The first-order valence-corrected chi connectivity index (χ1v) is 9.22. The highest BCUT2D eigenvalue weighted by Gasteiger charge is 2.15. The van der Waals surface area contributed by atoms with Crippen molar-refractivity contribution in [2.45, 2.75) is 40.5 Å². The molecule has 2 aromatic rings. The van der Waals surface area contributed by atoms with Crippen LogP contribution in [-0.4, -0.2) is 20.4 Å². The maximum Gasteiger partial charge on any atom is 0.157 e. The summed E-state index contributed by atoms with van der Waals surface area (Å²) >= 11 is 0. The zero-order valence-corrected chi connectivity index (χ0v) is 16.8. The number of phenolic OH excluding ortho intramolecular Hbond substituents is 4. The molecule has 148 valence electrons. The SMILES string of the molecule is CC(C)=CCc1c(O)cc(O)c(CC=C(C)C)c1C=Cc1ccc(O)c(O)c1. The van der Waals surface area contributed by atoms with Crippen LogP contribution in [0.5, 0.6) is 23.0 Å². The molecule has 0 atom stereocenters. The summed E-state index contributed by atoms with van der Waals surface area (Å²) in [5.74, 6) is -0.288. The average molecular weight is 380 g/mol. The van der Waals surface area contributed by atoms with Crippen LogP contribution in [0.1, 0.15) is 49.9 Å². The summed E-state index contributed by atoms with van der Waals surface area (Å²) in [5, 5.41) is 40.1. The second kappa shape index (κ2) is 9.18. The van der Waals surface area contributed by atoms with E-state index in [4.69, 9.17) is 0 Å². The third-order valence-corrected chi connectivity index (χ3v) is 4.41. The van der Waals surface area contributed by atoms with Gasteiger partial charge in [0.1, 0.15) is 11.5 Å². The van der Waals surface area contributed by atoms with E-state index in [1.807, 2.05) is 45.9 Å². The Bertz CT molecular complexity index is 897. The predicted molar refractivity (Wildman–Crippen MR) is 115 cm³/mol. The van der Waals surface area contributed by atoms with Crippen LogP contribution in [0, 0.1) is 0 Å². The van der Waals surface area contributed by atoms with E-state index in [0.717, 1.165) is 27.8 Å². The van der Waals surface area contributed by atoms with Crippen molar-refractivity contribution in [3.05, 3.63) is 69.8 Å². The molecule has 0 unspecified atom stereocenters. The summed E-state index contributed by atoms with van der Waals surface area (Å²) in [6.45, 7) is 7.99. The maximum atomic E-state index is 10.5. The number of phenols is 4. The van der Waals surface area contributed by atoms with Gasteiger partial charge in [0.2, 0.25) is 0 Å². The molecule has 0 amide bonds. The molecule has 0 fully saturated rings. The highest BCUT2D eigenvalue weighted by Crippen LogP contribution is 2.35. The standard InChI is InChI=1S/C24H28O4/c1-15(2)5-9-19-18(11-7-17-8-12-21(25)24(28)13-17)20(10-6-16(3)4)23(27)14-22(19)26/h5-8,11-14,25-28H,9-10H2,1-4H3. The number of hydrogen-bond acceptors (Lipinski definition) is 4. The monoisotopic (exact) mass is 380 g/mol. The van der Waals surface area contributed by atoms with Gasteiger partial charge >= 0.3 is 0 Å². The minimum Gasteiger partial charge on any atom is -0.507 e. The Labute approximate surface area is 166 Å². The van der Waals surface area contributed by atoms with Gasteiger partial charge in [-0.15, -0.1) is 0 Å². The second-order valence-electron chi connectivity index (χ2n) is 7.34. The number of aromatic hydroxyl groups is 4. The highest BCUT2D eigenvalue weighted by molar-refractivity contribution is 5.77. The van der Waals surface area contributed by atoms with Crippen LogP contribution in [0.15, 0.2) is 47.6 Å². The number of allylic oxidation sites excluding steroid dienone is 4. The van der Waals surface area contributed by atoms with Crippen LogP contribution in [-0.2, 0) is 12.8 Å². The molecular formula is C24H28O4. The normalized spacial score (nSPS) is 10.9. The lowest BCUT2D eigenvalue weighted by Gasteiger charge is -2.15. The zero-order valence-electron chi connectivity index (χ0n) is 16.8. The van der Waals surface area contributed by atoms with E-state index < -0.39 is 0 Å². The Morgan fingerprint density at radius 1 is 0.679 bits per heavy atom. The van der Waals surface area contributed by atoms with Gasteiger partial charge in [-0.3, -0.25) is 0 Å². The van der Waals surface area contributed by atoms with Crippen LogP contribution < -0.4 is 0 Å². The highest BCUT2D eigenvalue weighted by atomic mass is 16.3. The van der Waals surface area contributed by atoms with Crippen molar-refractivity contribution >= 4 is 12.2 Å². The number of benzene rings is 2. The van der Waals surface area contributed by atoms with Gasteiger partial charge in [-0.05, 0) is 63.8 Å². The smallest absolute Gasteiger partial charge is 0.157 e. The van der Waals surface area contributed by atoms with Crippen LogP contribution in [0.2, 0.25) is 0 Å². The topological polar surface area (TPSA) is 80.9 Å². The van der Waals surface area contributed by atoms with Crippen molar-refractivity contribution in [3.8, 4) is 23.0 Å². The quantitative estimate of drug-likeness (QED) is 0.294. The molecule has 0 aliphatic carbocycles. The lowest BCUT2D eigenvalue weighted by atomic mass is 9.93. The number of rotatable bonds is 6. The molecular weight excluding hydrogens is 352 g/mol. The van der Waals surface area contributed by atoms with Crippen molar-refractivity contribution in [2.75, 3.05) is 0 Å². The second-order valence-corrected chi connectivity index (χ2v) is 7.34. The van der Waals surface area contributed by atoms with E-state index in [1.54, 1.807) is 12.1 Å². The summed E-state index contributed by atoms with van der Waals surface area (Å²) in [4.78, 5) is 0. The van der Waals surface area contributed by atoms with Gasteiger partial charge in [0.15, 0.2) is 11.5 Å². The fourth-order valence-electron chi connectivity index (χ4n) is 2.83. The fraction of sp³-hybridized carbons (Fsp3) is 0.250. The van der Waals surface area contributed by atoms with Gasteiger partial charge in [0, 0.05) is 17.2 Å². The van der Waals surface area contributed by atoms with Crippen LogP contribution >= 0.6 is 0 Å². The molecule has 0 bridgehead atoms. The Morgan fingerprint density at radius 2 is 1.21 bits per heavy atom. The van der Waals surface area contributed by atoms with Crippen molar-refractivity contribution in [1.82, 2.24) is 0 Å². The van der Waals surface area contributed by atoms with Gasteiger partial charge in [0.25, 0.3) is 0 Å². The van der Waals surface area contributed by atoms with E-state index >= 15 is 0 Å². The first kappa shape index (κ1) is 21.2. The summed E-state index contributed by atoms with van der Waals surface area (Å²) in [6, 6.07) is 5.95. The Kier molecular flexibility index (Phi) is 6.94. The van der Waals surface area contributed by atoms with Gasteiger partial charge in [0.05, 0.1) is 0 Å². The molecule has 4 nitrogen and oxygen atoms in total. The molecule has 0 aliphatic rings. The Hall–Kier alpha value is -3.14. The summed E-state index contributed by atoms with van der Waals surface area (Å²) in [7, 11) is 0. The third kappa shape index (κ3) is 5.43. The molecule has 0 saturated carbocycles. The van der Waals surface area contributed by atoms with Crippen LogP contribution in [0.4, 0.5) is 0 Å². The molecule has 2 aromatic carbocycles. The van der Waals surface area contributed by atoms with E-state index in [1.165, 1.54) is 18.2 Å². The fourth-order valence-corrected chi connectivity index (χ4v) is 2.83. The molecule has 0 heterocycles. The van der Waals surface area contributed by atoms with Crippen LogP contribution in [0.25, 0.3) is 12.2 Å². The average Bonchev–Trinajstić information content (AvgIpc) is 2.60. The Morgan fingerprint density at radius 3 is 1.68 bits per heavy atom. The molecule has 0 aliphatic heterocycles. The van der Waals surface area contributed by atoms with Gasteiger partial charge in [-0.2, -0.15) is 0 Å². The summed E-state index contributed by atoms with van der Waals surface area (Å²) in [6.07, 6.45) is 8.74. The van der Waals surface area contributed by atoms with E-state index in [2.05, 4.69) is 0 Å². The minimum atomic E-state index is -0.199. The van der Waals surface area contributed by atoms with E-state index in [0.29, 0.717) is 18.4 Å². The van der Waals surface area contributed by atoms with E-state index in [9.17, 15) is 20.4 Å². The molecule has 4 heteroatoms. The summed E-state index contributed by atoms with van der Waals surface area (Å²) < 4.78 is 0. The summed E-state index contributed by atoms with van der Waals surface area (Å²) in [5.41, 5.74) is 5.18. The first-order valence-electron chi connectivity index (χ1n) is 9.22. The first-order chi connectivity index (χ1) is 13.2. The zero-order chi connectivity index (χ0) is 20.8. The van der Waals surface area contributed by atoms with Crippen molar-refractivity contribution in [1.29, 1.82) is 0 Å². The largest absolute Gasteiger partial charge is 0.507 e. The lowest BCUT2D eigenvalue weighted by molar-refractivity contribution is 0.403. The van der Waals surface area contributed by atoms with Gasteiger partial charge < -0.3 is 20.4 Å². The number of hydrogen-bond donors (Lipinski definition) is 4. The van der Waals surface area contributed by atoms with Crippen molar-refractivity contribution in [3.63, 3.8) is 0 Å². The van der Waals surface area contributed by atoms with Crippen molar-refractivity contribution < 1.29 is 20.4 Å². The molecule has 2 rings (SSSR count). The van der Waals surface area contributed by atoms with Crippen molar-refractivity contribution in [2.24, 2.45) is 0 Å². The van der Waals surface area contributed by atoms with E-state index in [-0.39, 0.29) is 23.0 Å². The molecule has 28 heavy (non-hydrogen) atoms. The predicted octanol–water partition coefficient (Wildman–Crippen LogP) is 5.70. The van der Waals surface area contributed by atoms with Gasteiger partial charge in [-0.1, -0.05) is 41.5 Å². The third-order valence-electron chi connectivity index (χ3n) is 4.41. The minimum absolute atomic E-state index is 0.0455. The molecule has 0 radical (unpaired) electrons. The van der Waals surface area contributed by atoms with Gasteiger partial charge in [-0.25, -0.2) is 0 Å². The molecule has 0 saturated heterocycles. The molecule has 0 aromatic heterocycles. The Balaban J connectivity index is 2.60.